The van der Waals surface area contributed by atoms with Crippen LogP contribution >= 0.6 is 11.6 Å². The second-order valence-electron chi connectivity index (χ2n) is 3.20. The van der Waals surface area contributed by atoms with Gasteiger partial charge in [-0.1, -0.05) is 25.4 Å². The van der Waals surface area contributed by atoms with Gasteiger partial charge < -0.3 is 10.8 Å². The van der Waals surface area contributed by atoms with Crippen molar-refractivity contribution in [1.29, 1.82) is 0 Å². The lowest BCUT2D eigenvalue weighted by atomic mass is 10.2. The Morgan fingerprint density at radius 1 is 1.47 bits per heavy atom. The van der Waals surface area contributed by atoms with Gasteiger partial charge in [-0.15, -0.1) is 0 Å². The minimum atomic E-state index is -0.222. The Hall–Kier alpha value is -1.23. The van der Waals surface area contributed by atoms with Gasteiger partial charge in [0.05, 0.1) is 18.0 Å². The first-order chi connectivity index (χ1) is 8.04. The molecule has 1 aromatic rings. The fraction of sp³-hybridized carbons (Fsp3) is 0.333. The summed E-state index contributed by atoms with van der Waals surface area (Å²) in [6.07, 6.45) is 1.47. The van der Waals surface area contributed by atoms with Gasteiger partial charge >= 0.3 is 0 Å². The number of aliphatic hydroxyl groups is 1. The molecular formula is C12H20ClN3O. The Kier molecular flexibility index (Phi) is 7.37. The first kappa shape index (κ1) is 15.8. The van der Waals surface area contributed by atoms with E-state index in [1.54, 1.807) is 18.2 Å². The summed E-state index contributed by atoms with van der Waals surface area (Å²) in [7, 11) is 0. The second kappa shape index (κ2) is 7.95. The van der Waals surface area contributed by atoms with Crippen LogP contribution in [0.2, 0.25) is 5.02 Å². The Bertz CT molecular complexity index is 380. The van der Waals surface area contributed by atoms with Crippen molar-refractivity contribution in [3.05, 3.63) is 40.7 Å². The maximum atomic E-state index is 8.75. The molecule has 0 atom stereocenters. The molecule has 96 valence electrons. The minimum Gasteiger partial charge on any atom is -0.399 e. The molecule has 0 bridgehead atoms. The predicted molar refractivity (Wildman–Crippen MR) is 73.6 cm³/mol. The number of halogens is 1. The third kappa shape index (κ3) is 5.08. The molecule has 1 rings (SSSR count). The van der Waals surface area contributed by atoms with Crippen LogP contribution in [0.15, 0.2) is 30.1 Å². The lowest BCUT2D eigenvalue weighted by Crippen LogP contribution is -2.27. The van der Waals surface area contributed by atoms with Crippen LogP contribution in [0.5, 0.6) is 0 Å². The largest absolute Gasteiger partial charge is 0.399 e. The molecule has 0 aromatic heterocycles. The molecule has 0 unspecified atom stereocenters. The van der Waals surface area contributed by atoms with Crippen molar-refractivity contribution in [2.45, 2.75) is 20.8 Å². The molecule has 0 aliphatic carbocycles. The van der Waals surface area contributed by atoms with E-state index in [4.69, 9.17) is 28.3 Å². The highest BCUT2D eigenvalue weighted by atomic mass is 35.5. The van der Waals surface area contributed by atoms with Crippen LogP contribution in [0.3, 0.4) is 0 Å². The Morgan fingerprint density at radius 2 is 2.06 bits per heavy atom. The average Bonchev–Trinajstić information content (AvgIpc) is 2.31. The average molecular weight is 258 g/mol. The van der Waals surface area contributed by atoms with Crippen LogP contribution in [0.1, 0.15) is 19.4 Å². The van der Waals surface area contributed by atoms with Gasteiger partial charge in [0.25, 0.3) is 0 Å². The third-order valence-corrected chi connectivity index (χ3v) is 2.16. The molecule has 0 saturated carbocycles. The summed E-state index contributed by atoms with van der Waals surface area (Å²) in [5.74, 6) is 5.75. The zero-order valence-electron chi connectivity index (χ0n) is 10.4. The van der Waals surface area contributed by atoms with Gasteiger partial charge in [0.1, 0.15) is 0 Å². The summed E-state index contributed by atoms with van der Waals surface area (Å²) in [6.45, 7) is 5.67. The highest BCUT2D eigenvalue weighted by molar-refractivity contribution is 6.30. The zero-order chi connectivity index (χ0) is 13.4. The Balaban J connectivity index is 0.00000121. The number of nitrogens with two attached hydrogens (primary N) is 2. The highest BCUT2D eigenvalue weighted by Gasteiger charge is 2.03. The first-order valence-corrected chi connectivity index (χ1v) is 5.79. The molecule has 4 nitrogen and oxygen atoms in total. The maximum absolute atomic E-state index is 8.75. The minimum absolute atomic E-state index is 0.222. The number of benzene rings is 1. The molecule has 0 spiro atoms. The maximum Gasteiger partial charge on any atom is 0.0840 e. The Labute approximate surface area is 107 Å². The van der Waals surface area contributed by atoms with Crippen molar-refractivity contribution in [2.75, 3.05) is 11.6 Å². The van der Waals surface area contributed by atoms with E-state index < -0.39 is 0 Å². The monoisotopic (exact) mass is 257 g/mol. The van der Waals surface area contributed by atoms with Gasteiger partial charge in [-0.2, -0.15) is 0 Å². The lowest BCUT2D eigenvalue weighted by molar-refractivity contribution is 0.329. The fourth-order valence-electron chi connectivity index (χ4n) is 1.20. The number of aliphatic hydroxyl groups excluding tert-OH is 1. The topological polar surface area (TPSA) is 75.5 Å². The standard InChI is InChI=1S/C10H14ClN3O.C2H6/c1-7-4-8(11)2-3-10(7)14(13)5-9(12)6-15;1-2/h2-5,15H,6,12-13H2,1H3;1-2H3/b9-5-;. The van der Waals surface area contributed by atoms with Crippen molar-refractivity contribution < 1.29 is 5.11 Å². The molecule has 0 heterocycles. The Morgan fingerprint density at radius 3 is 2.53 bits per heavy atom. The van der Waals surface area contributed by atoms with E-state index in [0.717, 1.165) is 11.3 Å². The molecular weight excluding hydrogens is 238 g/mol. The van der Waals surface area contributed by atoms with E-state index in [1.165, 1.54) is 11.2 Å². The number of hydrogen-bond acceptors (Lipinski definition) is 4. The molecule has 0 fully saturated rings. The first-order valence-electron chi connectivity index (χ1n) is 5.41. The summed E-state index contributed by atoms with van der Waals surface area (Å²) in [5.41, 5.74) is 7.48. The third-order valence-electron chi connectivity index (χ3n) is 1.92. The van der Waals surface area contributed by atoms with Crippen molar-refractivity contribution in [1.82, 2.24) is 0 Å². The fourth-order valence-corrected chi connectivity index (χ4v) is 1.42. The van der Waals surface area contributed by atoms with Crippen LogP contribution in [0.25, 0.3) is 0 Å². The molecule has 5 heteroatoms. The summed E-state index contributed by atoms with van der Waals surface area (Å²) < 4.78 is 0. The van der Waals surface area contributed by atoms with Crippen LogP contribution < -0.4 is 16.6 Å². The molecule has 0 saturated heterocycles. The molecule has 0 aliphatic heterocycles. The van der Waals surface area contributed by atoms with E-state index in [9.17, 15) is 0 Å². The second-order valence-corrected chi connectivity index (χ2v) is 3.64. The summed E-state index contributed by atoms with van der Waals surface area (Å²) in [6, 6.07) is 5.34. The van der Waals surface area contributed by atoms with Crippen LogP contribution in [-0.2, 0) is 0 Å². The van der Waals surface area contributed by atoms with Gasteiger partial charge in [-0.05, 0) is 30.7 Å². The van der Waals surface area contributed by atoms with Crippen LogP contribution in [0.4, 0.5) is 5.69 Å². The molecule has 5 N–H and O–H groups in total. The SMILES string of the molecule is CC.Cc1cc(Cl)ccc1N(N)/C=C(\N)CO. The van der Waals surface area contributed by atoms with Crippen LogP contribution in [0, 0.1) is 6.92 Å². The van der Waals surface area contributed by atoms with Gasteiger partial charge in [0.2, 0.25) is 0 Å². The number of aryl methyl sites for hydroxylation is 1. The zero-order valence-corrected chi connectivity index (χ0v) is 11.2. The van der Waals surface area contributed by atoms with E-state index >= 15 is 0 Å². The van der Waals surface area contributed by atoms with Gasteiger partial charge in [-0.3, -0.25) is 5.01 Å². The van der Waals surface area contributed by atoms with Crippen molar-refractivity contribution in [2.24, 2.45) is 11.6 Å². The quantitative estimate of drug-likeness (QED) is 0.573. The van der Waals surface area contributed by atoms with E-state index in [0.29, 0.717) is 10.7 Å². The number of nitrogens with zero attached hydrogens (tertiary/aromatic N) is 1. The van der Waals surface area contributed by atoms with Gasteiger partial charge in [0.15, 0.2) is 0 Å². The highest BCUT2D eigenvalue weighted by Crippen LogP contribution is 2.21. The van der Waals surface area contributed by atoms with Crippen molar-refractivity contribution >= 4 is 17.3 Å². The molecule has 17 heavy (non-hydrogen) atoms. The predicted octanol–water partition coefficient (Wildman–Crippen LogP) is 2.15. The normalized spacial score (nSPS) is 10.6. The van der Waals surface area contributed by atoms with Crippen molar-refractivity contribution in [3.8, 4) is 0 Å². The van der Waals surface area contributed by atoms with E-state index in [-0.39, 0.29) is 6.61 Å². The van der Waals surface area contributed by atoms with E-state index in [1.807, 2.05) is 20.8 Å². The van der Waals surface area contributed by atoms with Gasteiger partial charge in [0, 0.05) is 11.2 Å². The number of anilines is 1. The molecule has 0 amide bonds. The van der Waals surface area contributed by atoms with Crippen molar-refractivity contribution in [3.63, 3.8) is 0 Å². The lowest BCUT2D eigenvalue weighted by Gasteiger charge is -2.17. The molecule has 1 aromatic carbocycles. The van der Waals surface area contributed by atoms with Gasteiger partial charge in [-0.25, -0.2) is 5.84 Å². The number of hydrogen-bond donors (Lipinski definition) is 3. The molecule has 0 radical (unpaired) electrons. The number of hydrazine groups is 1. The summed E-state index contributed by atoms with van der Waals surface area (Å²) in [5, 5.41) is 10.8. The van der Waals surface area contributed by atoms with Crippen LogP contribution in [-0.4, -0.2) is 11.7 Å². The smallest absolute Gasteiger partial charge is 0.0840 e. The number of rotatable bonds is 3. The molecule has 0 aliphatic rings. The van der Waals surface area contributed by atoms with E-state index in [2.05, 4.69) is 0 Å². The summed E-state index contributed by atoms with van der Waals surface area (Å²) in [4.78, 5) is 0. The summed E-state index contributed by atoms with van der Waals surface area (Å²) >= 11 is 5.82.